The molecule has 0 aliphatic carbocycles. The van der Waals surface area contributed by atoms with Gasteiger partial charge < -0.3 is 5.32 Å². The van der Waals surface area contributed by atoms with E-state index in [1.54, 1.807) is 11.3 Å². The van der Waals surface area contributed by atoms with E-state index >= 15 is 0 Å². The molecule has 1 rings (SSSR count). The van der Waals surface area contributed by atoms with Gasteiger partial charge in [-0.05, 0) is 13.8 Å². The van der Waals surface area contributed by atoms with Gasteiger partial charge >= 0.3 is 0 Å². The van der Waals surface area contributed by atoms with Crippen LogP contribution in [0.1, 0.15) is 17.6 Å². The van der Waals surface area contributed by atoms with Gasteiger partial charge in [-0.1, -0.05) is 0 Å². The summed E-state index contributed by atoms with van der Waals surface area (Å²) >= 11 is 1.66. The first-order chi connectivity index (χ1) is 7.26. The summed E-state index contributed by atoms with van der Waals surface area (Å²) in [7, 11) is 0. The average Bonchev–Trinajstić information content (AvgIpc) is 2.63. The Morgan fingerprint density at radius 2 is 2.47 bits per heavy atom. The fourth-order valence-corrected chi connectivity index (χ4v) is 1.77. The van der Waals surface area contributed by atoms with Crippen LogP contribution in [-0.2, 0) is 6.42 Å². The average molecular weight is 227 g/mol. The molecule has 0 saturated carbocycles. The molecule has 0 aliphatic heterocycles. The smallest absolute Gasteiger partial charge is 0.205 e. The molecular weight excluding hydrogens is 210 g/mol. The van der Waals surface area contributed by atoms with Gasteiger partial charge in [0.25, 0.3) is 0 Å². The summed E-state index contributed by atoms with van der Waals surface area (Å²) in [4.78, 5) is 8.63. The van der Waals surface area contributed by atoms with Crippen molar-refractivity contribution in [1.82, 2.24) is 15.7 Å². The van der Waals surface area contributed by atoms with Gasteiger partial charge in [0.2, 0.25) is 5.96 Å². The molecule has 0 bridgehead atoms. The van der Waals surface area contributed by atoms with Crippen molar-refractivity contribution in [3.05, 3.63) is 16.1 Å². The molecule has 15 heavy (non-hydrogen) atoms. The molecule has 0 amide bonds. The molecule has 0 fully saturated rings. The zero-order chi connectivity index (χ0) is 11.1. The third-order valence-electron chi connectivity index (χ3n) is 1.79. The number of guanidine groups is 1. The van der Waals surface area contributed by atoms with E-state index in [1.165, 1.54) is 0 Å². The van der Waals surface area contributed by atoms with Crippen LogP contribution in [0.3, 0.4) is 0 Å². The van der Waals surface area contributed by atoms with Crippen molar-refractivity contribution >= 4 is 17.3 Å². The molecule has 4 N–H and O–H groups in total. The summed E-state index contributed by atoms with van der Waals surface area (Å²) in [6.45, 7) is 5.49. The van der Waals surface area contributed by atoms with Crippen molar-refractivity contribution in [2.75, 3.05) is 13.1 Å². The lowest BCUT2D eigenvalue weighted by molar-refractivity contribution is 0.838. The Hall–Kier alpha value is -1.14. The number of thiazole rings is 1. The lowest BCUT2D eigenvalue weighted by atomic mass is 10.3. The van der Waals surface area contributed by atoms with Crippen LogP contribution in [0.15, 0.2) is 10.4 Å². The monoisotopic (exact) mass is 227 g/mol. The Balaban J connectivity index is 2.36. The largest absolute Gasteiger partial charge is 0.356 e. The van der Waals surface area contributed by atoms with Crippen LogP contribution >= 0.6 is 11.3 Å². The highest BCUT2D eigenvalue weighted by Crippen LogP contribution is 2.08. The van der Waals surface area contributed by atoms with Crippen LogP contribution in [0.2, 0.25) is 0 Å². The SMILES string of the molecule is CCNC(=NCCc1csc(C)n1)NN. The topological polar surface area (TPSA) is 75.3 Å². The molecule has 1 heterocycles. The molecule has 0 atom stereocenters. The summed E-state index contributed by atoms with van der Waals surface area (Å²) in [6.07, 6.45) is 0.848. The Morgan fingerprint density at radius 1 is 1.67 bits per heavy atom. The van der Waals surface area contributed by atoms with Gasteiger partial charge in [0.15, 0.2) is 0 Å². The third-order valence-corrected chi connectivity index (χ3v) is 2.61. The third kappa shape index (κ3) is 4.26. The van der Waals surface area contributed by atoms with Gasteiger partial charge in [0, 0.05) is 24.9 Å². The number of hydrogen-bond donors (Lipinski definition) is 3. The highest BCUT2D eigenvalue weighted by atomic mass is 32.1. The second-order valence-electron chi connectivity index (χ2n) is 3.01. The van der Waals surface area contributed by atoms with Crippen molar-refractivity contribution in [2.24, 2.45) is 10.8 Å². The first kappa shape index (κ1) is 11.9. The summed E-state index contributed by atoms with van der Waals surface area (Å²) in [6, 6.07) is 0. The molecule has 6 heteroatoms. The zero-order valence-electron chi connectivity index (χ0n) is 9.08. The predicted molar refractivity (Wildman–Crippen MR) is 63.9 cm³/mol. The molecule has 0 spiro atoms. The van der Waals surface area contributed by atoms with Gasteiger partial charge in [-0.2, -0.15) is 0 Å². The number of hydrogen-bond acceptors (Lipinski definition) is 4. The molecule has 1 aromatic rings. The Kier molecular flexibility index (Phi) is 5.06. The van der Waals surface area contributed by atoms with Crippen LogP contribution in [0.25, 0.3) is 0 Å². The Morgan fingerprint density at radius 3 is 3.00 bits per heavy atom. The first-order valence-corrected chi connectivity index (χ1v) is 5.80. The van der Waals surface area contributed by atoms with Gasteiger partial charge in [-0.15, -0.1) is 11.3 Å². The molecule has 1 aromatic heterocycles. The minimum atomic E-state index is 0.629. The van der Waals surface area contributed by atoms with E-state index in [1.807, 2.05) is 13.8 Å². The Bertz CT molecular complexity index is 320. The molecule has 0 unspecified atom stereocenters. The molecule has 0 radical (unpaired) electrons. The Labute approximate surface area is 93.8 Å². The number of rotatable bonds is 4. The van der Waals surface area contributed by atoms with E-state index in [2.05, 4.69) is 26.1 Å². The van der Waals surface area contributed by atoms with Gasteiger partial charge in [-0.25, -0.2) is 10.8 Å². The van der Waals surface area contributed by atoms with E-state index in [0.717, 1.165) is 23.7 Å². The highest BCUT2D eigenvalue weighted by molar-refractivity contribution is 7.09. The van der Waals surface area contributed by atoms with E-state index in [9.17, 15) is 0 Å². The number of aromatic nitrogens is 1. The molecule has 84 valence electrons. The van der Waals surface area contributed by atoms with Crippen LogP contribution in [0, 0.1) is 6.92 Å². The highest BCUT2D eigenvalue weighted by Gasteiger charge is 1.98. The fraction of sp³-hybridized carbons (Fsp3) is 0.556. The van der Waals surface area contributed by atoms with Crippen molar-refractivity contribution in [2.45, 2.75) is 20.3 Å². The molecular formula is C9H17N5S. The second-order valence-corrected chi connectivity index (χ2v) is 4.08. The number of nitrogens with two attached hydrogens (primary N) is 1. The van der Waals surface area contributed by atoms with Crippen molar-refractivity contribution < 1.29 is 0 Å². The maximum absolute atomic E-state index is 5.29. The van der Waals surface area contributed by atoms with Crippen molar-refractivity contribution in [1.29, 1.82) is 0 Å². The number of aliphatic imine (C=N–C) groups is 1. The minimum absolute atomic E-state index is 0.629. The van der Waals surface area contributed by atoms with Crippen LogP contribution in [0.5, 0.6) is 0 Å². The number of hydrazine groups is 1. The fourth-order valence-electron chi connectivity index (χ4n) is 1.13. The maximum atomic E-state index is 5.29. The van der Waals surface area contributed by atoms with E-state index in [-0.39, 0.29) is 0 Å². The molecule has 0 aliphatic rings. The number of nitrogens with zero attached hydrogens (tertiary/aromatic N) is 2. The predicted octanol–water partition coefficient (Wildman–Crippen LogP) is 0.423. The molecule has 0 saturated heterocycles. The van der Waals surface area contributed by atoms with Crippen LogP contribution in [-0.4, -0.2) is 24.0 Å². The van der Waals surface area contributed by atoms with E-state index < -0.39 is 0 Å². The summed E-state index contributed by atoms with van der Waals surface area (Å²) in [5.41, 5.74) is 3.61. The summed E-state index contributed by atoms with van der Waals surface area (Å²) in [5, 5.41) is 6.18. The maximum Gasteiger partial charge on any atom is 0.205 e. The van der Waals surface area contributed by atoms with Crippen LogP contribution in [0.4, 0.5) is 0 Å². The first-order valence-electron chi connectivity index (χ1n) is 4.92. The number of nitrogens with one attached hydrogen (secondary N) is 2. The normalized spacial score (nSPS) is 11.5. The summed E-state index contributed by atoms with van der Waals surface area (Å²) in [5.74, 6) is 5.91. The quantitative estimate of drug-likeness (QED) is 0.302. The molecule has 0 aromatic carbocycles. The van der Waals surface area contributed by atoms with Crippen LogP contribution < -0.4 is 16.6 Å². The van der Waals surface area contributed by atoms with E-state index in [0.29, 0.717) is 12.5 Å². The van der Waals surface area contributed by atoms with Gasteiger partial charge in [0.05, 0.1) is 10.7 Å². The van der Waals surface area contributed by atoms with Gasteiger partial charge in [-0.3, -0.25) is 10.4 Å². The van der Waals surface area contributed by atoms with Crippen molar-refractivity contribution in [3.8, 4) is 0 Å². The lowest BCUT2D eigenvalue weighted by Gasteiger charge is -2.05. The second kappa shape index (κ2) is 6.36. The molecule has 5 nitrogen and oxygen atoms in total. The zero-order valence-corrected chi connectivity index (χ0v) is 9.90. The van der Waals surface area contributed by atoms with E-state index in [4.69, 9.17) is 5.84 Å². The standard InChI is InChI=1S/C9H17N5S/c1-3-11-9(14-10)12-5-4-8-6-15-7(2)13-8/h6H,3-5,10H2,1-2H3,(H2,11,12,14). The van der Waals surface area contributed by atoms with Crippen molar-refractivity contribution in [3.63, 3.8) is 0 Å². The summed E-state index contributed by atoms with van der Waals surface area (Å²) < 4.78 is 0. The number of aryl methyl sites for hydroxylation is 1. The van der Waals surface area contributed by atoms with Gasteiger partial charge in [0.1, 0.15) is 0 Å². The lowest BCUT2D eigenvalue weighted by Crippen LogP contribution is -2.41. The minimum Gasteiger partial charge on any atom is -0.356 e.